The lowest BCUT2D eigenvalue weighted by atomic mass is 10.2. The molecule has 0 aliphatic carbocycles. The molecule has 2 heterocycles. The summed E-state index contributed by atoms with van der Waals surface area (Å²) in [5, 5.41) is 2.68. The Hall–Kier alpha value is -1.67. The van der Waals surface area contributed by atoms with E-state index >= 15 is 0 Å². The first kappa shape index (κ1) is 14.7. The van der Waals surface area contributed by atoms with Gasteiger partial charge in [0.15, 0.2) is 9.84 Å². The predicted molar refractivity (Wildman–Crippen MR) is 71.5 cm³/mol. The molecule has 7 nitrogen and oxygen atoms in total. The molecule has 0 radical (unpaired) electrons. The quantitative estimate of drug-likeness (QED) is 0.815. The Morgan fingerprint density at radius 3 is 2.80 bits per heavy atom. The summed E-state index contributed by atoms with van der Waals surface area (Å²) < 4.78 is 33.2. The van der Waals surface area contributed by atoms with Crippen LogP contribution in [0.3, 0.4) is 0 Å². The van der Waals surface area contributed by atoms with Crippen LogP contribution in [0.5, 0.6) is 5.88 Å². The lowest BCUT2D eigenvalue weighted by molar-refractivity contribution is 0.0786. The van der Waals surface area contributed by atoms with Gasteiger partial charge in [-0.15, -0.1) is 0 Å². The summed E-state index contributed by atoms with van der Waals surface area (Å²) in [6.45, 7) is 0. The van der Waals surface area contributed by atoms with E-state index in [2.05, 4.69) is 10.3 Å². The zero-order valence-corrected chi connectivity index (χ0v) is 12.0. The topological polar surface area (TPSA) is 94.6 Å². The van der Waals surface area contributed by atoms with Crippen LogP contribution in [0.25, 0.3) is 0 Å². The summed E-state index contributed by atoms with van der Waals surface area (Å²) in [5.74, 6) is -0.247. The number of carbonyl (C=O) groups excluding carboxylic acids is 1. The fraction of sp³-hybridized carbons (Fsp3) is 0.500. The van der Waals surface area contributed by atoms with Crippen molar-refractivity contribution in [3.63, 3.8) is 0 Å². The number of amides is 1. The summed E-state index contributed by atoms with van der Waals surface area (Å²) >= 11 is 0. The maximum absolute atomic E-state index is 12.1. The van der Waals surface area contributed by atoms with Crippen molar-refractivity contribution >= 4 is 15.7 Å². The van der Waals surface area contributed by atoms with E-state index in [1.54, 1.807) is 0 Å². The molecule has 2 rings (SSSR count). The van der Waals surface area contributed by atoms with Gasteiger partial charge in [-0.25, -0.2) is 13.4 Å². The van der Waals surface area contributed by atoms with Crippen molar-refractivity contribution in [3.05, 3.63) is 23.9 Å². The van der Waals surface area contributed by atoms with E-state index in [4.69, 9.17) is 9.47 Å². The number of carbonyl (C=O) groups is 1. The molecule has 1 aliphatic heterocycles. The van der Waals surface area contributed by atoms with Gasteiger partial charge in [-0.1, -0.05) is 0 Å². The van der Waals surface area contributed by atoms with Gasteiger partial charge in [0.2, 0.25) is 5.88 Å². The number of aromatic nitrogens is 1. The fourth-order valence-electron chi connectivity index (χ4n) is 2.10. The minimum Gasteiger partial charge on any atom is -0.481 e. The van der Waals surface area contributed by atoms with Crippen LogP contribution in [0.2, 0.25) is 0 Å². The Morgan fingerprint density at radius 1 is 1.40 bits per heavy atom. The number of ether oxygens (including phenoxy) is 2. The van der Waals surface area contributed by atoms with E-state index in [0.717, 1.165) is 0 Å². The Balaban J connectivity index is 2.11. The molecule has 0 aromatic carbocycles. The summed E-state index contributed by atoms with van der Waals surface area (Å²) in [7, 11) is -0.291. The van der Waals surface area contributed by atoms with Crippen molar-refractivity contribution in [2.45, 2.75) is 12.1 Å². The normalized spacial score (nSPS) is 24.3. The smallest absolute Gasteiger partial charge is 0.251 e. The second kappa shape index (κ2) is 5.76. The molecule has 1 amide bonds. The summed E-state index contributed by atoms with van der Waals surface area (Å²) in [6, 6.07) is 2.47. The van der Waals surface area contributed by atoms with Crippen LogP contribution < -0.4 is 10.1 Å². The van der Waals surface area contributed by atoms with Gasteiger partial charge in [0, 0.05) is 24.9 Å². The maximum atomic E-state index is 12.1. The third-order valence-corrected chi connectivity index (χ3v) is 4.83. The highest BCUT2D eigenvalue weighted by Crippen LogP contribution is 2.16. The van der Waals surface area contributed by atoms with E-state index in [1.165, 1.54) is 32.5 Å². The number of rotatable bonds is 4. The molecule has 1 aromatic heterocycles. The van der Waals surface area contributed by atoms with Gasteiger partial charge in [-0.2, -0.15) is 0 Å². The molecule has 8 heteroatoms. The van der Waals surface area contributed by atoms with E-state index in [1.807, 2.05) is 0 Å². The standard InChI is InChI=1S/C12H16N2O5S/c1-18-10-7-20(16,17)6-9(10)14-12(15)8-3-4-13-11(5-8)19-2/h3-5,9-10H,6-7H2,1-2H3,(H,14,15)/t9-,10-/m0/s1. The van der Waals surface area contributed by atoms with Crippen LogP contribution in [0, 0.1) is 0 Å². The Kier molecular flexibility index (Phi) is 4.24. The molecule has 0 saturated carbocycles. The lowest BCUT2D eigenvalue weighted by Crippen LogP contribution is -2.43. The second-order valence-corrected chi connectivity index (χ2v) is 6.67. The molecule has 0 unspecified atom stereocenters. The van der Waals surface area contributed by atoms with E-state index in [9.17, 15) is 13.2 Å². The van der Waals surface area contributed by atoms with Crippen molar-refractivity contribution in [1.82, 2.24) is 10.3 Å². The number of methoxy groups -OCH3 is 2. The van der Waals surface area contributed by atoms with Crippen LogP contribution in [0.15, 0.2) is 18.3 Å². The number of hydrogen-bond acceptors (Lipinski definition) is 6. The van der Waals surface area contributed by atoms with Gasteiger partial charge < -0.3 is 14.8 Å². The van der Waals surface area contributed by atoms with E-state index in [-0.39, 0.29) is 17.4 Å². The van der Waals surface area contributed by atoms with Crippen molar-refractivity contribution < 1.29 is 22.7 Å². The van der Waals surface area contributed by atoms with Gasteiger partial charge in [-0.05, 0) is 6.07 Å². The molecule has 0 spiro atoms. The minimum atomic E-state index is -3.17. The SMILES string of the molecule is COc1cc(C(=O)N[C@H]2CS(=O)(=O)C[C@@H]2OC)ccn1. The number of nitrogens with zero attached hydrogens (tertiary/aromatic N) is 1. The molecule has 110 valence electrons. The number of sulfone groups is 1. The highest BCUT2D eigenvalue weighted by atomic mass is 32.2. The van der Waals surface area contributed by atoms with Gasteiger partial charge in [0.25, 0.3) is 5.91 Å². The number of pyridine rings is 1. The van der Waals surface area contributed by atoms with Crippen molar-refractivity contribution in [2.75, 3.05) is 25.7 Å². The highest BCUT2D eigenvalue weighted by Gasteiger charge is 2.38. The third-order valence-electron chi connectivity index (χ3n) is 3.13. The molecule has 20 heavy (non-hydrogen) atoms. The first-order chi connectivity index (χ1) is 9.45. The molecule has 2 atom stereocenters. The fourth-order valence-corrected chi connectivity index (χ4v) is 3.95. The summed E-state index contributed by atoms with van der Waals surface area (Å²) in [5.41, 5.74) is 0.357. The Bertz CT molecular complexity index is 602. The first-order valence-corrected chi connectivity index (χ1v) is 7.81. The van der Waals surface area contributed by atoms with Gasteiger partial charge in [-0.3, -0.25) is 4.79 Å². The molecule has 1 saturated heterocycles. The van der Waals surface area contributed by atoms with Crippen LogP contribution in [-0.4, -0.2) is 57.2 Å². The Labute approximate surface area is 117 Å². The second-order valence-electron chi connectivity index (χ2n) is 4.52. The van der Waals surface area contributed by atoms with Crippen molar-refractivity contribution in [3.8, 4) is 5.88 Å². The molecule has 1 aliphatic rings. The lowest BCUT2D eigenvalue weighted by Gasteiger charge is -2.18. The van der Waals surface area contributed by atoms with Gasteiger partial charge in [0.05, 0.1) is 30.8 Å². The molecule has 0 bridgehead atoms. The average molecular weight is 300 g/mol. The molecular weight excluding hydrogens is 284 g/mol. The predicted octanol–water partition coefficient (Wildman–Crippen LogP) is -0.368. The first-order valence-electron chi connectivity index (χ1n) is 5.99. The zero-order chi connectivity index (χ0) is 14.8. The molecule has 1 aromatic rings. The summed E-state index contributed by atoms with van der Waals surface area (Å²) in [4.78, 5) is 16.0. The molecular formula is C12H16N2O5S. The van der Waals surface area contributed by atoms with Crippen LogP contribution in [0.1, 0.15) is 10.4 Å². The van der Waals surface area contributed by atoms with Crippen molar-refractivity contribution in [1.29, 1.82) is 0 Å². The monoisotopic (exact) mass is 300 g/mol. The van der Waals surface area contributed by atoms with E-state index in [0.29, 0.717) is 11.4 Å². The number of nitrogens with one attached hydrogen (secondary N) is 1. The van der Waals surface area contributed by atoms with Crippen LogP contribution in [-0.2, 0) is 14.6 Å². The van der Waals surface area contributed by atoms with Gasteiger partial charge in [0.1, 0.15) is 0 Å². The van der Waals surface area contributed by atoms with Crippen LogP contribution in [0.4, 0.5) is 0 Å². The largest absolute Gasteiger partial charge is 0.481 e. The summed E-state index contributed by atoms with van der Waals surface area (Å²) in [6.07, 6.45) is 0.931. The third kappa shape index (κ3) is 3.26. The zero-order valence-electron chi connectivity index (χ0n) is 11.2. The Morgan fingerprint density at radius 2 is 2.15 bits per heavy atom. The number of hydrogen-bond donors (Lipinski definition) is 1. The van der Waals surface area contributed by atoms with E-state index < -0.39 is 22.0 Å². The van der Waals surface area contributed by atoms with Gasteiger partial charge >= 0.3 is 0 Å². The molecule has 1 fully saturated rings. The van der Waals surface area contributed by atoms with Crippen LogP contribution >= 0.6 is 0 Å². The maximum Gasteiger partial charge on any atom is 0.251 e. The minimum absolute atomic E-state index is 0.0753. The molecule has 1 N–H and O–H groups in total. The van der Waals surface area contributed by atoms with Crippen molar-refractivity contribution in [2.24, 2.45) is 0 Å². The average Bonchev–Trinajstić information content (AvgIpc) is 2.73. The highest BCUT2D eigenvalue weighted by molar-refractivity contribution is 7.91.